The van der Waals surface area contributed by atoms with Crippen LogP contribution < -0.4 is 9.47 Å². The molecule has 2 nitrogen and oxygen atoms in total. The molecule has 0 unspecified atom stereocenters. The van der Waals surface area contributed by atoms with Crippen molar-refractivity contribution in [1.82, 2.24) is 0 Å². The number of rotatable bonds is 1. The van der Waals surface area contributed by atoms with Crippen molar-refractivity contribution in [3.63, 3.8) is 0 Å². The van der Waals surface area contributed by atoms with Gasteiger partial charge in [-0.1, -0.05) is 26.0 Å². The minimum Gasteiger partial charge on any atom is -0.486 e. The third-order valence-corrected chi connectivity index (χ3v) is 2.54. The molecule has 0 amide bonds. The molecule has 1 aliphatic rings. The maximum Gasteiger partial charge on any atom is 0.165 e. The standard InChI is InChI=1S/C12H16O2/c1-8(2)10-5-4-9(3)11-12(10)14-7-6-13-11/h4-5,8H,6-7H2,1-3H3. The van der Waals surface area contributed by atoms with E-state index in [-0.39, 0.29) is 0 Å². The maximum absolute atomic E-state index is 5.67. The minimum atomic E-state index is 0.478. The molecule has 0 spiro atoms. The van der Waals surface area contributed by atoms with Crippen LogP contribution in [0.4, 0.5) is 0 Å². The van der Waals surface area contributed by atoms with Crippen molar-refractivity contribution in [2.75, 3.05) is 13.2 Å². The van der Waals surface area contributed by atoms with Crippen molar-refractivity contribution in [2.45, 2.75) is 26.7 Å². The first-order valence-electron chi connectivity index (χ1n) is 5.09. The van der Waals surface area contributed by atoms with Gasteiger partial charge >= 0.3 is 0 Å². The summed E-state index contributed by atoms with van der Waals surface area (Å²) in [5.74, 6) is 2.36. The number of hydrogen-bond donors (Lipinski definition) is 0. The van der Waals surface area contributed by atoms with Crippen LogP contribution in [0.25, 0.3) is 0 Å². The predicted molar refractivity (Wildman–Crippen MR) is 56.3 cm³/mol. The highest BCUT2D eigenvalue weighted by molar-refractivity contribution is 5.53. The first kappa shape index (κ1) is 9.38. The highest BCUT2D eigenvalue weighted by Crippen LogP contribution is 2.39. The highest BCUT2D eigenvalue weighted by atomic mass is 16.6. The number of aryl methyl sites for hydroxylation is 1. The van der Waals surface area contributed by atoms with E-state index in [0.717, 1.165) is 17.1 Å². The molecule has 0 saturated carbocycles. The normalized spacial score (nSPS) is 14.6. The quantitative estimate of drug-likeness (QED) is 0.681. The lowest BCUT2D eigenvalue weighted by Crippen LogP contribution is -2.17. The van der Waals surface area contributed by atoms with Crippen LogP contribution in [0.3, 0.4) is 0 Å². The molecule has 1 aromatic rings. The van der Waals surface area contributed by atoms with Crippen LogP contribution in [-0.2, 0) is 0 Å². The fraction of sp³-hybridized carbons (Fsp3) is 0.500. The summed E-state index contributed by atoms with van der Waals surface area (Å²) >= 11 is 0. The second-order valence-corrected chi connectivity index (χ2v) is 3.98. The van der Waals surface area contributed by atoms with Crippen LogP contribution in [0.1, 0.15) is 30.9 Å². The van der Waals surface area contributed by atoms with E-state index < -0.39 is 0 Å². The molecule has 0 bridgehead atoms. The van der Waals surface area contributed by atoms with Crippen molar-refractivity contribution in [2.24, 2.45) is 0 Å². The molecular formula is C12H16O2. The van der Waals surface area contributed by atoms with Crippen molar-refractivity contribution in [3.05, 3.63) is 23.3 Å². The van der Waals surface area contributed by atoms with E-state index in [0.29, 0.717) is 19.1 Å². The fourth-order valence-corrected chi connectivity index (χ4v) is 1.75. The van der Waals surface area contributed by atoms with Crippen LogP contribution in [-0.4, -0.2) is 13.2 Å². The zero-order chi connectivity index (χ0) is 10.1. The van der Waals surface area contributed by atoms with Gasteiger partial charge in [0.2, 0.25) is 0 Å². The summed E-state index contributed by atoms with van der Waals surface area (Å²) in [4.78, 5) is 0. The summed E-state index contributed by atoms with van der Waals surface area (Å²) in [6, 6.07) is 4.23. The van der Waals surface area contributed by atoms with E-state index in [1.165, 1.54) is 5.56 Å². The zero-order valence-corrected chi connectivity index (χ0v) is 8.96. The summed E-state index contributed by atoms with van der Waals surface area (Å²) in [7, 11) is 0. The molecule has 2 rings (SSSR count). The van der Waals surface area contributed by atoms with Crippen LogP contribution in [0.2, 0.25) is 0 Å². The lowest BCUT2D eigenvalue weighted by atomic mass is 9.99. The highest BCUT2D eigenvalue weighted by Gasteiger charge is 2.19. The van der Waals surface area contributed by atoms with Gasteiger partial charge in [-0.2, -0.15) is 0 Å². The van der Waals surface area contributed by atoms with Crippen LogP contribution in [0.15, 0.2) is 12.1 Å². The maximum atomic E-state index is 5.67. The smallest absolute Gasteiger partial charge is 0.165 e. The zero-order valence-electron chi connectivity index (χ0n) is 8.96. The third-order valence-electron chi connectivity index (χ3n) is 2.54. The van der Waals surface area contributed by atoms with Gasteiger partial charge in [0.05, 0.1) is 0 Å². The predicted octanol–water partition coefficient (Wildman–Crippen LogP) is 2.89. The third kappa shape index (κ3) is 1.45. The first-order valence-corrected chi connectivity index (χ1v) is 5.09. The Morgan fingerprint density at radius 1 is 1.07 bits per heavy atom. The number of fused-ring (bicyclic) bond motifs is 1. The summed E-state index contributed by atoms with van der Waals surface area (Å²) in [5.41, 5.74) is 2.40. The molecule has 0 radical (unpaired) electrons. The Morgan fingerprint density at radius 3 is 2.36 bits per heavy atom. The van der Waals surface area contributed by atoms with Gasteiger partial charge in [0.1, 0.15) is 13.2 Å². The molecule has 76 valence electrons. The molecule has 0 atom stereocenters. The molecule has 1 aromatic carbocycles. The van der Waals surface area contributed by atoms with E-state index in [1.54, 1.807) is 0 Å². The molecule has 1 heterocycles. The van der Waals surface area contributed by atoms with Crippen LogP contribution in [0, 0.1) is 6.92 Å². The van der Waals surface area contributed by atoms with Gasteiger partial charge in [0.15, 0.2) is 11.5 Å². The summed E-state index contributed by atoms with van der Waals surface area (Å²) in [6.45, 7) is 7.72. The van der Waals surface area contributed by atoms with E-state index >= 15 is 0 Å². The van der Waals surface area contributed by atoms with Gasteiger partial charge in [-0.05, 0) is 18.4 Å². The number of benzene rings is 1. The van der Waals surface area contributed by atoms with Crippen LogP contribution >= 0.6 is 0 Å². The van der Waals surface area contributed by atoms with E-state index in [9.17, 15) is 0 Å². The van der Waals surface area contributed by atoms with Crippen molar-refractivity contribution >= 4 is 0 Å². The molecule has 0 aliphatic carbocycles. The van der Waals surface area contributed by atoms with Crippen molar-refractivity contribution < 1.29 is 9.47 Å². The molecule has 0 aromatic heterocycles. The van der Waals surface area contributed by atoms with E-state index in [1.807, 2.05) is 0 Å². The molecule has 0 fully saturated rings. The number of ether oxygens (including phenoxy) is 2. The average molecular weight is 192 g/mol. The van der Waals surface area contributed by atoms with E-state index in [2.05, 4.69) is 32.9 Å². The summed E-state index contributed by atoms with van der Waals surface area (Å²) in [5, 5.41) is 0. The molecular weight excluding hydrogens is 176 g/mol. The number of hydrogen-bond acceptors (Lipinski definition) is 2. The minimum absolute atomic E-state index is 0.478. The van der Waals surface area contributed by atoms with Gasteiger partial charge in [-0.25, -0.2) is 0 Å². The second-order valence-electron chi connectivity index (χ2n) is 3.98. The van der Waals surface area contributed by atoms with E-state index in [4.69, 9.17) is 9.47 Å². The Morgan fingerprint density at radius 2 is 1.71 bits per heavy atom. The van der Waals surface area contributed by atoms with Gasteiger partial charge in [-0.3, -0.25) is 0 Å². The van der Waals surface area contributed by atoms with Gasteiger partial charge < -0.3 is 9.47 Å². The fourth-order valence-electron chi connectivity index (χ4n) is 1.75. The Hall–Kier alpha value is -1.18. The van der Waals surface area contributed by atoms with Crippen LogP contribution in [0.5, 0.6) is 11.5 Å². The molecule has 0 N–H and O–H groups in total. The van der Waals surface area contributed by atoms with Crippen molar-refractivity contribution in [3.8, 4) is 11.5 Å². The van der Waals surface area contributed by atoms with Gasteiger partial charge in [0, 0.05) is 5.56 Å². The topological polar surface area (TPSA) is 18.5 Å². The average Bonchev–Trinajstić information content (AvgIpc) is 2.18. The van der Waals surface area contributed by atoms with Crippen molar-refractivity contribution in [1.29, 1.82) is 0 Å². The lowest BCUT2D eigenvalue weighted by Gasteiger charge is -2.24. The molecule has 1 aliphatic heterocycles. The largest absolute Gasteiger partial charge is 0.486 e. The Bertz CT molecular complexity index is 342. The Kier molecular flexibility index (Phi) is 2.36. The SMILES string of the molecule is Cc1ccc(C(C)C)c2c1OCCO2. The molecule has 2 heteroatoms. The Labute approximate surface area is 84.8 Å². The van der Waals surface area contributed by atoms with Gasteiger partial charge in [-0.15, -0.1) is 0 Å². The molecule has 0 saturated heterocycles. The molecule has 14 heavy (non-hydrogen) atoms. The lowest BCUT2D eigenvalue weighted by molar-refractivity contribution is 0.168. The van der Waals surface area contributed by atoms with Gasteiger partial charge in [0.25, 0.3) is 0 Å². The summed E-state index contributed by atoms with van der Waals surface area (Å²) < 4.78 is 11.3. The monoisotopic (exact) mass is 192 g/mol. The second kappa shape index (κ2) is 3.52. The Balaban J connectivity index is 2.53. The first-order chi connectivity index (χ1) is 6.70. The summed E-state index contributed by atoms with van der Waals surface area (Å²) in [6.07, 6.45) is 0.